The molecule has 0 saturated heterocycles. The molecule has 5 nitrogen and oxygen atoms in total. The molecule has 1 atom stereocenters. The standard InChI is InChI=1S/C10H11ClN4O/c1-7(5-6-12)15(2)10(16)8-3-4-9(11)14-13-8/h3-4,7H,5H2,1-2H3. The van der Waals surface area contributed by atoms with Crippen LogP contribution in [0, 0.1) is 11.3 Å². The van der Waals surface area contributed by atoms with Crippen LogP contribution < -0.4 is 0 Å². The van der Waals surface area contributed by atoms with E-state index in [1.807, 2.05) is 6.07 Å². The van der Waals surface area contributed by atoms with Gasteiger partial charge in [0.05, 0.1) is 12.5 Å². The van der Waals surface area contributed by atoms with E-state index < -0.39 is 0 Å². The van der Waals surface area contributed by atoms with Crippen LogP contribution >= 0.6 is 11.6 Å². The van der Waals surface area contributed by atoms with Crippen molar-refractivity contribution in [2.75, 3.05) is 7.05 Å². The first-order valence-electron chi connectivity index (χ1n) is 4.69. The number of nitrogens with zero attached hydrogens (tertiary/aromatic N) is 4. The van der Waals surface area contributed by atoms with Crippen molar-refractivity contribution < 1.29 is 4.79 Å². The fourth-order valence-corrected chi connectivity index (χ4v) is 1.18. The minimum atomic E-state index is -0.271. The minimum Gasteiger partial charge on any atom is -0.337 e. The fourth-order valence-electron chi connectivity index (χ4n) is 1.08. The number of carbonyl (C=O) groups excluding carboxylic acids is 1. The van der Waals surface area contributed by atoms with E-state index in [-0.39, 0.29) is 29.2 Å². The number of aromatic nitrogens is 2. The van der Waals surface area contributed by atoms with Crippen LogP contribution in [-0.2, 0) is 0 Å². The third kappa shape index (κ3) is 2.91. The molecule has 0 saturated carbocycles. The Morgan fingerprint density at radius 2 is 2.31 bits per heavy atom. The van der Waals surface area contributed by atoms with Gasteiger partial charge in [0.25, 0.3) is 5.91 Å². The minimum absolute atomic E-state index is 0.157. The Kier molecular flexibility index (Phi) is 4.20. The van der Waals surface area contributed by atoms with Crippen molar-refractivity contribution in [3.63, 3.8) is 0 Å². The summed E-state index contributed by atoms with van der Waals surface area (Å²) >= 11 is 5.57. The van der Waals surface area contributed by atoms with Crippen LogP contribution in [0.5, 0.6) is 0 Å². The van der Waals surface area contributed by atoms with Crippen LogP contribution in [0.1, 0.15) is 23.8 Å². The van der Waals surface area contributed by atoms with Gasteiger partial charge in [0, 0.05) is 13.1 Å². The van der Waals surface area contributed by atoms with Crippen molar-refractivity contribution in [1.82, 2.24) is 15.1 Å². The Morgan fingerprint density at radius 1 is 1.62 bits per heavy atom. The monoisotopic (exact) mass is 238 g/mol. The van der Waals surface area contributed by atoms with Crippen molar-refractivity contribution in [3.05, 3.63) is 23.0 Å². The lowest BCUT2D eigenvalue weighted by molar-refractivity contribution is 0.0739. The molecule has 0 aliphatic rings. The number of hydrogen-bond acceptors (Lipinski definition) is 4. The predicted octanol–water partition coefficient (Wildman–Crippen LogP) is 1.50. The topological polar surface area (TPSA) is 69.9 Å². The van der Waals surface area contributed by atoms with E-state index in [1.165, 1.54) is 17.0 Å². The first-order valence-corrected chi connectivity index (χ1v) is 5.07. The zero-order chi connectivity index (χ0) is 12.1. The second-order valence-electron chi connectivity index (χ2n) is 3.37. The molecular formula is C10H11ClN4O. The Labute approximate surface area is 98.6 Å². The smallest absolute Gasteiger partial charge is 0.274 e. The molecule has 84 valence electrons. The highest BCUT2D eigenvalue weighted by molar-refractivity contribution is 6.29. The summed E-state index contributed by atoms with van der Waals surface area (Å²) < 4.78 is 0. The number of amides is 1. The summed E-state index contributed by atoms with van der Waals surface area (Å²) in [5.41, 5.74) is 0.219. The quantitative estimate of drug-likeness (QED) is 0.800. The van der Waals surface area contributed by atoms with Gasteiger partial charge in [-0.2, -0.15) is 5.26 Å². The molecular weight excluding hydrogens is 228 g/mol. The average Bonchev–Trinajstić information content (AvgIpc) is 2.28. The average molecular weight is 239 g/mol. The molecule has 1 aromatic heterocycles. The molecule has 0 spiro atoms. The molecule has 6 heteroatoms. The van der Waals surface area contributed by atoms with E-state index in [0.29, 0.717) is 0 Å². The Morgan fingerprint density at radius 3 is 2.81 bits per heavy atom. The summed E-state index contributed by atoms with van der Waals surface area (Å²) in [4.78, 5) is 13.3. The third-order valence-corrected chi connectivity index (χ3v) is 2.42. The van der Waals surface area contributed by atoms with Gasteiger partial charge in [0.15, 0.2) is 10.8 Å². The molecule has 0 radical (unpaired) electrons. The number of rotatable bonds is 3. The lowest BCUT2D eigenvalue weighted by Gasteiger charge is -2.22. The van der Waals surface area contributed by atoms with Crippen LogP contribution in [0.25, 0.3) is 0 Å². The first-order chi connectivity index (χ1) is 7.56. The van der Waals surface area contributed by atoms with E-state index >= 15 is 0 Å². The largest absolute Gasteiger partial charge is 0.337 e. The maximum atomic E-state index is 11.8. The Hall–Kier alpha value is -1.67. The molecule has 1 amide bonds. The van der Waals surface area contributed by atoms with Crippen LogP contribution in [0.4, 0.5) is 0 Å². The van der Waals surface area contributed by atoms with E-state index in [2.05, 4.69) is 10.2 Å². The molecule has 1 aromatic rings. The third-order valence-electron chi connectivity index (χ3n) is 2.22. The van der Waals surface area contributed by atoms with Gasteiger partial charge < -0.3 is 4.90 Å². The molecule has 1 unspecified atom stereocenters. The van der Waals surface area contributed by atoms with Crippen LogP contribution in [0.2, 0.25) is 5.15 Å². The van der Waals surface area contributed by atoms with Gasteiger partial charge in [0.2, 0.25) is 0 Å². The lowest BCUT2D eigenvalue weighted by Crippen LogP contribution is -2.35. The van der Waals surface area contributed by atoms with Gasteiger partial charge >= 0.3 is 0 Å². The molecule has 0 aliphatic heterocycles. The number of nitriles is 1. The highest BCUT2D eigenvalue weighted by atomic mass is 35.5. The molecule has 1 heterocycles. The zero-order valence-corrected chi connectivity index (χ0v) is 9.77. The number of halogens is 1. The normalized spacial score (nSPS) is 11.6. The lowest BCUT2D eigenvalue weighted by atomic mass is 10.2. The summed E-state index contributed by atoms with van der Waals surface area (Å²) in [7, 11) is 1.63. The van der Waals surface area contributed by atoms with Crippen molar-refractivity contribution in [2.24, 2.45) is 0 Å². The summed E-state index contributed by atoms with van der Waals surface area (Å²) in [6.45, 7) is 1.80. The summed E-state index contributed by atoms with van der Waals surface area (Å²) in [6, 6.07) is 4.87. The van der Waals surface area contributed by atoms with Crippen LogP contribution in [0.3, 0.4) is 0 Å². The maximum Gasteiger partial charge on any atom is 0.274 e. The molecule has 0 N–H and O–H groups in total. The Bertz CT molecular complexity index is 412. The summed E-state index contributed by atoms with van der Waals surface area (Å²) in [6.07, 6.45) is 0.281. The highest BCUT2D eigenvalue weighted by Crippen LogP contribution is 2.08. The highest BCUT2D eigenvalue weighted by Gasteiger charge is 2.18. The molecule has 0 aliphatic carbocycles. The van der Waals surface area contributed by atoms with Crippen molar-refractivity contribution >= 4 is 17.5 Å². The van der Waals surface area contributed by atoms with Gasteiger partial charge in [0.1, 0.15) is 0 Å². The first kappa shape index (κ1) is 12.4. The molecule has 0 fully saturated rings. The summed E-state index contributed by atoms with van der Waals surface area (Å²) in [5, 5.41) is 16.1. The van der Waals surface area contributed by atoms with Crippen molar-refractivity contribution in [1.29, 1.82) is 5.26 Å². The number of carbonyl (C=O) groups is 1. The predicted molar refractivity (Wildman–Crippen MR) is 58.8 cm³/mol. The molecule has 16 heavy (non-hydrogen) atoms. The van der Waals surface area contributed by atoms with E-state index in [1.54, 1.807) is 14.0 Å². The van der Waals surface area contributed by atoms with E-state index in [4.69, 9.17) is 16.9 Å². The van der Waals surface area contributed by atoms with Crippen molar-refractivity contribution in [2.45, 2.75) is 19.4 Å². The van der Waals surface area contributed by atoms with Gasteiger partial charge in [-0.1, -0.05) is 11.6 Å². The second-order valence-corrected chi connectivity index (χ2v) is 3.76. The molecule has 0 bridgehead atoms. The van der Waals surface area contributed by atoms with Gasteiger partial charge in [-0.3, -0.25) is 4.79 Å². The molecule has 1 rings (SSSR count). The van der Waals surface area contributed by atoms with E-state index in [0.717, 1.165) is 0 Å². The molecule has 0 aromatic carbocycles. The maximum absolute atomic E-state index is 11.8. The van der Waals surface area contributed by atoms with Crippen molar-refractivity contribution in [3.8, 4) is 6.07 Å². The Balaban J connectivity index is 2.78. The van der Waals surface area contributed by atoms with Gasteiger partial charge in [-0.25, -0.2) is 0 Å². The fraction of sp³-hybridized carbons (Fsp3) is 0.400. The summed E-state index contributed by atoms with van der Waals surface area (Å²) in [5.74, 6) is -0.271. The van der Waals surface area contributed by atoms with Crippen LogP contribution in [-0.4, -0.2) is 34.1 Å². The van der Waals surface area contributed by atoms with Gasteiger partial charge in [-0.05, 0) is 19.1 Å². The van der Waals surface area contributed by atoms with Gasteiger partial charge in [-0.15, -0.1) is 10.2 Å². The number of hydrogen-bond donors (Lipinski definition) is 0. The van der Waals surface area contributed by atoms with E-state index in [9.17, 15) is 4.79 Å². The SMILES string of the molecule is CC(CC#N)N(C)C(=O)c1ccc(Cl)nn1. The second kappa shape index (κ2) is 5.42. The van der Waals surface area contributed by atoms with Crippen LogP contribution in [0.15, 0.2) is 12.1 Å². The zero-order valence-electron chi connectivity index (χ0n) is 9.01.